The first-order chi connectivity index (χ1) is 13.7. The Morgan fingerprint density at radius 1 is 1.17 bits per heavy atom. The van der Waals surface area contributed by atoms with Gasteiger partial charge in [0, 0.05) is 43.7 Å². The third-order valence-corrected chi connectivity index (χ3v) is 8.10. The van der Waals surface area contributed by atoms with E-state index in [2.05, 4.69) is 19.2 Å². The zero-order valence-corrected chi connectivity index (χ0v) is 18.5. The first kappa shape index (κ1) is 22.5. The molecule has 1 N–H and O–H groups in total. The molecule has 2 saturated heterocycles. The van der Waals surface area contributed by atoms with Gasteiger partial charge in [-0.15, -0.1) is 0 Å². The van der Waals surface area contributed by atoms with Crippen molar-refractivity contribution in [2.75, 3.05) is 26.2 Å². The molecule has 0 bridgehead atoms. The Balaban J connectivity index is 1.52. The first-order valence-corrected chi connectivity index (χ1v) is 11.9. The van der Waals surface area contributed by atoms with Crippen molar-refractivity contribution in [2.24, 2.45) is 17.8 Å². The van der Waals surface area contributed by atoms with Crippen molar-refractivity contribution < 1.29 is 17.6 Å². The van der Waals surface area contributed by atoms with E-state index < -0.39 is 16.0 Å². The molecule has 29 heavy (non-hydrogen) atoms. The lowest BCUT2D eigenvalue weighted by molar-refractivity contribution is -0.126. The largest absolute Gasteiger partial charge is 0.352 e. The molecule has 9 heteroatoms. The minimum atomic E-state index is -3.48. The molecule has 1 aromatic carbocycles. The van der Waals surface area contributed by atoms with E-state index in [1.807, 2.05) is 0 Å². The summed E-state index contributed by atoms with van der Waals surface area (Å²) in [5.74, 6) is -0.0658. The van der Waals surface area contributed by atoms with Crippen molar-refractivity contribution in [2.45, 2.75) is 39.7 Å². The van der Waals surface area contributed by atoms with Crippen LogP contribution in [0.25, 0.3) is 0 Å². The number of hydrogen-bond acceptors (Lipinski definition) is 3. The van der Waals surface area contributed by atoms with Gasteiger partial charge in [-0.2, -0.15) is 17.0 Å². The van der Waals surface area contributed by atoms with E-state index >= 15 is 0 Å². The van der Waals surface area contributed by atoms with Crippen LogP contribution < -0.4 is 5.32 Å². The van der Waals surface area contributed by atoms with E-state index in [1.54, 1.807) is 10.4 Å². The number of amides is 1. The van der Waals surface area contributed by atoms with Gasteiger partial charge in [-0.25, -0.2) is 4.39 Å². The monoisotopic (exact) mass is 445 g/mol. The second-order valence-electron chi connectivity index (χ2n) is 8.40. The summed E-state index contributed by atoms with van der Waals surface area (Å²) in [7, 11) is -3.48. The smallest absolute Gasteiger partial charge is 0.281 e. The Bertz CT molecular complexity index is 833. The number of hydrogen-bond donors (Lipinski definition) is 1. The maximum atomic E-state index is 13.1. The maximum Gasteiger partial charge on any atom is 0.281 e. The molecular formula is C20H29ClFN3O3S. The van der Waals surface area contributed by atoms with Crippen LogP contribution in [-0.2, 0) is 21.5 Å². The second-order valence-corrected chi connectivity index (χ2v) is 10.7. The van der Waals surface area contributed by atoms with E-state index in [1.165, 1.54) is 16.4 Å². The van der Waals surface area contributed by atoms with Crippen LogP contribution in [0.3, 0.4) is 0 Å². The van der Waals surface area contributed by atoms with Gasteiger partial charge in [0.1, 0.15) is 5.82 Å². The summed E-state index contributed by atoms with van der Waals surface area (Å²) in [6.07, 6.45) is 2.02. The summed E-state index contributed by atoms with van der Waals surface area (Å²) >= 11 is 5.99. The van der Waals surface area contributed by atoms with Gasteiger partial charge in [-0.3, -0.25) is 4.79 Å². The van der Waals surface area contributed by atoms with E-state index in [4.69, 9.17) is 11.6 Å². The van der Waals surface area contributed by atoms with Crippen LogP contribution in [0, 0.1) is 23.6 Å². The molecule has 0 spiro atoms. The minimum Gasteiger partial charge on any atom is -0.352 e. The van der Waals surface area contributed by atoms with Crippen LogP contribution >= 0.6 is 11.6 Å². The lowest BCUT2D eigenvalue weighted by atomic mass is 9.94. The predicted octanol–water partition coefficient (Wildman–Crippen LogP) is 3.03. The molecule has 2 heterocycles. The first-order valence-electron chi connectivity index (χ1n) is 10.1. The van der Waals surface area contributed by atoms with E-state index in [0.717, 1.165) is 6.42 Å². The van der Waals surface area contributed by atoms with Crippen LogP contribution in [0.4, 0.5) is 4.39 Å². The van der Waals surface area contributed by atoms with Gasteiger partial charge in [0.15, 0.2) is 0 Å². The van der Waals surface area contributed by atoms with E-state index in [0.29, 0.717) is 56.4 Å². The van der Waals surface area contributed by atoms with Crippen LogP contribution in [-0.4, -0.2) is 49.1 Å². The van der Waals surface area contributed by atoms with Crippen molar-refractivity contribution in [1.82, 2.24) is 13.9 Å². The predicted molar refractivity (Wildman–Crippen MR) is 111 cm³/mol. The molecule has 0 aliphatic carbocycles. The number of piperidine rings is 2. The van der Waals surface area contributed by atoms with Crippen LogP contribution in [0.1, 0.15) is 38.7 Å². The number of rotatable bonds is 5. The third-order valence-electron chi connectivity index (χ3n) is 5.78. The fourth-order valence-corrected chi connectivity index (χ4v) is 6.42. The van der Waals surface area contributed by atoms with Gasteiger partial charge in [0.05, 0.1) is 0 Å². The molecule has 0 radical (unpaired) electrons. The molecule has 162 valence electrons. The van der Waals surface area contributed by atoms with Gasteiger partial charge >= 0.3 is 0 Å². The molecule has 1 aromatic rings. The molecule has 2 atom stereocenters. The topological polar surface area (TPSA) is 69.7 Å². The van der Waals surface area contributed by atoms with Crippen LogP contribution in [0.5, 0.6) is 0 Å². The molecule has 6 nitrogen and oxygen atoms in total. The van der Waals surface area contributed by atoms with Crippen molar-refractivity contribution in [3.8, 4) is 0 Å². The Labute approximate surface area is 177 Å². The summed E-state index contributed by atoms with van der Waals surface area (Å²) in [6.45, 7) is 6.20. The van der Waals surface area contributed by atoms with Crippen LogP contribution in [0.15, 0.2) is 18.2 Å². The number of carbonyl (C=O) groups is 1. The van der Waals surface area contributed by atoms with Gasteiger partial charge in [-0.1, -0.05) is 31.5 Å². The highest BCUT2D eigenvalue weighted by molar-refractivity contribution is 7.86. The lowest BCUT2D eigenvalue weighted by Gasteiger charge is -2.39. The fourth-order valence-electron chi connectivity index (χ4n) is 4.30. The molecule has 3 rings (SSSR count). The van der Waals surface area contributed by atoms with Crippen LogP contribution in [0.2, 0.25) is 5.02 Å². The highest BCUT2D eigenvalue weighted by Crippen LogP contribution is 2.27. The Hall–Kier alpha value is -1.22. The normalized spacial score (nSPS) is 25.1. The van der Waals surface area contributed by atoms with Gasteiger partial charge in [-0.05, 0) is 48.8 Å². The number of carbonyl (C=O) groups excluding carboxylic acids is 1. The second kappa shape index (κ2) is 9.29. The highest BCUT2D eigenvalue weighted by Gasteiger charge is 2.37. The molecule has 1 amide bonds. The van der Waals surface area contributed by atoms with Crippen molar-refractivity contribution >= 4 is 27.7 Å². The molecular weight excluding hydrogens is 417 g/mol. The zero-order valence-electron chi connectivity index (χ0n) is 16.9. The van der Waals surface area contributed by atoms with Gasteiger partial charge in [0.2, 0.25) is 5.91 Å². The summed E-state index contributed by atoms with van der Waals surface area (Å²) in [5, 5.41) is 3.11. The number of nitrogens with one attached hydrogen (secondary N) is 1. The van der Waals surface area contributed by atoms with E-state index in [9.17, 15) is 17.6 Å². The molecule has 2 fully saturated rings. The van der Waals surface area contributed by atoms with Crippen molar-refractivity contribution in [3.05, 3.63) is 34.6 Å². The summed E-state index contributed by atoms with van der Waals surface area (Å²) < 4.78 is 42.2. The highest BCUT2D eigenvalue weighted by atomic mass is 35.5. The third kappa shape index (κ3) is 5.48. The summed E-state index contributed by atoms with van der Waals surface area (Å²) in [6, 6.07) is 4.07. The van der Waals surface area contributed by atoms with Crippen molar-refractivity contribution in [3.63, 3.8) is 0 Å². The van der Waals surface area contributed by atoms with Gasteiger partial charge < -0.3 is 5.32 Å². The summed E-state index contributed by atoms with van der Waals surface area (Å²) in [5.41, 5.74) is 0.648. The Morgan fingerprint density at radius 2 is 1.79 bits per heavy atom. The quantitative estimate of drug-likeness (QED) is 0.757. The number of nitrogens with zero attached hydrogens (tertiary/aromatic N) is 2. The Kier molecular flexibility index (Phi) is 7.19. The van der Waals surface area contributed by atoms with Crippen molar-refractivity contribution in [1.29, 1.82) is 0 Å². The minimum absolute atomic E-state index is 0.123. The fraction of sp³-hybridized carbons (Fsp3) is 0.650. The average Bonchev–Trinajstić information content (AvgIpc) is 2.66. The molecule has 0 saturated carbocycles. The average molecular weight is 446 g/mol. The maximum absolute atomic E-state index is 13.1. The zero-order chi connectivity index (χ0) is 21.2. The molecule has 0 aromatic heterocycles. The standard InChI is InChI=1S/C20H29ClFN3O3S/c1-14-9-15(2)13-25(12-14)29(27,28)24-7-5-16(6-8-24)20(26)23-11-17-3-4-18(22)10-19(17)21/h3-4,10,14-16H,5-9,11-13H2,1-2H3,(H,23,26)/t14-,15-/m0/s1. The molecule has 2 aliphatic heterocycles. The number of benzene rings is 1. The number of halogens is 2. The molecule has 0 unspecified atom stereocenters. The van der Waals surface area contributed by atoms with Gasteiger partial charge in [0.25, 0.3) is 10.2 Å². The molecule has 2 aliphatic rings. The SMILES string of the molecule is C[C@H]1C[C@H](C)CN(S(=O)(=O)N2CCC(C(=O)NCc3ccc(F)cc3Cl)CC2)C1. The lowest BCUT2D eigenvalue weighted by Crippen LogP contribution is -2.52. The summed E-state index contributed by atoms with van der Waals surface area (Å²) in [4.78, 5) is 12.5. The Morgan fingerprint density at radius 3 is 2.38 bits per heavy atom. The van der Waals surface area contributed by atoms with E-state index in [-0.39, 0.29) is 23.4 Å².